The Labute approximate surface area is 166 Å². The Hall–Kier alpha value is -2.37. The van der Waals surface area contributed by atoms with E-state index >= 15 is 0 Å². The van der Waals surface area contributed by atoms with Crippen LogP contribution in [0.3, 0.4) is 0 Å². The number of hydrogen-bond donors (Lipinski definition) is 3. The van der Waals surface area contributed by atoms with Crippen LogP contribution in [0.25, 0.3) is 0 Å². The van der Waals surface area contributed by atoms with Gasteiger partial charge in [0, 0.05) is 23.6 Å². The third kappa shape index (κ3) is 5.12. The number of rotatable bonds is 6. The Morgan fingerprint density at radius 2 is 1.61 bits per heavy atom. The second-order valence-corrected chi connectivity index (χ2v) is 8.21. The Morgan fingerprint density at radius 3 is 2.25 bits per heavy atom. The van der Waals surface area contributed by atoms with Gasteiger partial charge in [0.25, 0.3) is 0 Å². The smallest absolute Gasteiger partial charge is 0.310 e. The molecule has 2 amide bonds. The molecule has 0 aliphatic heterocycles. The number of carbonyl (C=O) groups is 3. The number of carbonyl (C=O) groups excluding carboxylic acids is 2. The predicted molar refractivity (Wildman–Crippen MR) is 107 cm³/mol. The molecule has 2 fully saturated rings. The van der Waals surface area contributed by atoms with Crippen molar-refractivity contribution in [2.75, 3.05) is 5.32 Å². The first kappa shape index (κ1) is 20.4. The van der Waals surface area contributed by atoms with Crippen LogP contribution in [0.1, 0.15) is 69.8 Å². The maximum absolute atomic E-state index is 12.6. The summed E-state index contributed by atoms with van der Waals surface area (Å²) >= 11 is 0. The van der Waals surface area contributed by atoms with Crippen LogP contribution in [0.4, 0.5) is 5.69 Å². The van der Waals surface area contributed by atoms with Crippen molar-refractivity contribution in [1.82, 2.24) is 5.32 Å². The van der Waals surface area contributed by atoms with Gasteiger partial charge in [-0.05, 0) is 63.1 Å². The van der Waals surface area contributed by atoms with Crippen LogP contribution < -0.4 is 10.6 Å². The van der Waals surface area contributed by atoms with Gasteiger partial charge in [-0.3, -0.25) is 14.4 Å². The van der Waals surface area contributed by atoms with Gasteiger partial charge in [0.05, 0.1) is 5.92 Å². The molecule has 6 heteroatoms. The lowest BCUT2D eigenvalue weighted by Gasteiger charge is -2.29. The molecule has 2 saturated carbocycles. The molecule has 1 aromatic carbocycles. The average molecular weight is 386 g/mol. The molecule has 0 heterocycles. The van der Waals surface area contributed by atoms with Crippen LogP contribution in [0.2, 0.25) is 0 Å². The van der Waals surface area contributed by atoms with Crippen molar-refractivity contribution in [3.8, 4) is 0 Å². The van der Waals surface area contributed by atoms with Gasteiger partial charge < -0.3 is 15.7 Å². The largest absolute Gasteiger partial charge is 0.481 e. The molecule has 28 heavy (non-hydrogen) atoms. The van der Waals surface area contributed by atoms with Gasteiger partial charge in [-0.2, -0.15) is 0 Å². The Morgan fingerprint density at radius 1 is 0.964 bits per heavy atom. The van der Waals surface area contributed by atoms with E-state index < -0.39 is 11.9 Å². The highest BCUT2D eigenvalue weighted by atomic mass is 16.4. The van der Waals surface area contributed by atoms with Crippen LogP contribution in [-0.4, -0.2) is 28.9 Å². The van der Waals surface area contributed by atoms with Crippen molar-refractivity contribution in [3.63, 3.8) is 0 Å². The average Bonchev–Trinajstić information content (AvgIpc) is 3.23. The van der Waals surface area contributed by atoms with Crippen LogP contribution in [0.5, 0.6) is 0 Å². The highest BCUT2D eigenvalue weighted by Gasteiger charge is 2.29. The van der Waals surface area contributed by atoms with Crippen molar-refractivity contribution < 1.29 is 19.5 Å². The minimum atomic E-state index is -0.888. The summed E-state index contributed by atoms with van der Waals surface area (Å²) in [5, 5.41) is 15.3. The summed E-state index contributed by atoms with van der Waals surface area (Å²) in [5.74, 6) is -1.23. The summed E-state index contributed by atoms with van der Waals surface area (Å²) < 4.78 is 0. The summed E-state index contributed by atoms with van der Waals surface area (Å²) in [4.78, 5) is 36.0. The fourth-order valence-corrected chi connectivity index (χ4v) is 4.28. The summed E-state index contributed by atoms with van der Waals surface area (Å²) in [6.07, 6.45) is 7.47. The van der Waals surface area contributed by atoms with Crippen molar-refractivity contribution in [3.05, 3.63) is 29.8 Å². The molecule has 0 spiro atoms. The van der Waals surface area contributed by atoms with Crippen molar-refractivity contribution >= 4 is 23.5 Å². The predicted octanol–water partition coefficient (Wildman–Crippen LogP) is 3.68. The Balaban J connectivity index is 1.48. The molecule has 3 rings (SSSR count). The molecule has 3 N–H and O–H groups in total. The van der Waals surface area contributed by atoms with Gasteiger partial charge in [0.15, 0.2) is 0 Å². The fraction of sp³-hybridized carbons (Fsp3) is 0.591. The third-order valence-corrected chi connectivity index (χ3v) is 6.19. The fourth-order valence-electron chi connectivity index (χ4n) is 4.28. The number of carboxylic acid groups (broad SMARTS) is 1. The minimum Gasteiger partial charge on any atom is -0.481 e. The van der Waals surface area contributed by atoms with Crippen molar-refractivity contribution in [2.24, 2.45) is 11.8 Å². The number of nitrogens with one attached hydrogen (secondary N) is 2. The van der Waals surface area contributed by atoms with Gasteiger partial charge in [0.2, 0.25) is 11.8 Å². The SMILES string of the molecule is CC(C(=O)O)c1cccc(NC(=O)C2CCC(NC(=O)C3CCCC3)CC2)c1. The number of carboxylic acids is 1. The number of amides is 2. The number of aliphatic carboxylic acids is 1. The van der Waals surface area contributed by atoms with E-state index in [2.05, 4.69) is 10.6 Å². The monoisotopic (exact) mass is 386 g/mol. The van der Waals surface area contributed by atoms with Crippen LogP contribution in [0.15, 0.2) is 24.3 Å². The molecule has 2 aliphatic carbocycles. The Kier molecular flexibility index (Phi) is 6.70. The Bertz CT molecular complexity index is 719. The lowest BCUT2D eigenvalue weighted by atomic mass is 9.85. The van der Waals surface area contributed by atoms with E-state index in [4.69, 9.17) is 5.11 Å². The van der Waals surface area contributed by atoms with E-state index in [9.17, 15) is 14.4 Å². The van der Waals surface area contributed by atoms with Gasteiger partial charge in [-0.1, -0.05) is 25.0 Å². The highest BCUT2D eigenvalue weighted by molar-refractivity contribution is 5.93. The molecule has 6 nitrogen and oxygen atoms in total. The molecule has 1 atom stereocenters. The van der Waals surface area contributed by atoms with Crippen molar-refractivity contribution in [2.45, 2.75) is 70.3 Å². The summed E-state index contributed by atoms with van der Waals surface area (Å²) in [6.45, 7) is 1.63. The second kappa shape index (κ2) is 9.22. The maximum Gasteiger partial charge on any atom is 0.310 e. The molecule has 0 saturated heterocycles. The number of benzene rings is 1. The van der Waals surface area contributed by atoms with E-state index in [-0.39, 0.29) is 29.7 Å². The molecule has 152 valence electrons. The quantitative estimate of drug-likeness (QED) is 0.695. The number of anilines is 1. The third-order valence-electron chi connectivity index (χ3n) is 6.19. The first-order valence-corrected chi connectivity index (χ1v) is 10.4. The summed E-state index contributed by atoms with van der Waals surface area (Å²) in [5.41, 5.74) is 1.30. The molecular weight excluding hydrogens is 356 g/mol. The van der Waals surface area contributed by atoms with Gasteiger partial charge >= 0.3 is 5.97 Å². The maximum atomic E-state index is 12.6. The minimum absolute atomic E-state index is 0.0271. The molecule has 0 bridgehead atoms. The molecule has 1 aromatic rings. The van der Waals surface area contributed by atoms with E-state index in [0.717, 1.165) is 51.4 Å². The first-order chi connectivity index (χ1) is 13.4. The first-order valence-electron chi connectivity index (χ1n) is 10.4. The van der Waals surface area contributed by atoms with Crippen LogP contribution in [0, 0.1) is 11.8 Å². The molecule has 0 aromatic heterocycles. The van der Waals surface area contributed by atoms with Gasteiger partial charge in [0.1, 0.15) is 0 Å². The number of hydrogen-bond acceptors (Lipinski definition) is 3. The molecular formula is C22H30N2O4. The highest BCUT2D eigenvalue weighted by Crippen LogP contribution is 2.29. The zero-order valence-corrected chi connectivity index (χ0v) is 16.4. The lowest BCUT2D eigenvalue weighted by Crippen LogP contribution is -2.41. The standard InChI is InChI=1S/C22H30N2O4/c1-14(22(27)28)17-7-4-8-19(13-17)24-21(26)16-9-11-18(12-10-16)23-20(25)15-5-2-3-6-15/h4,7-8,13-16,18H,2-3,5-6,9-12H2,1H3,(H,23,25)(H,24,26)(H,27,28). The molecule has 2 aliphatic rings. The normalized spacial score (nSPS) is 23.8. The molecule has 0 radical (unpaired) electrons. The summed E-state index contributed by atoms with van der Waals surface area (Å²) in [6, 6.07) is 7.21. The van der Waals surface area contributed by atoms with Crippen LogP contribution in [-0.2, 0) is 14.4 Å². The van der Waals surface area contributed by atoms with Crippen molar-refractivity contribution in [1.29, 1.82) is 0 Å². The van der Waals surface area contributed by atoms with Gasteiger partial charge in [-0.15, -0.1) is 0 Å². The zero-order valence-electron chi connectivity index (χ0n) is 16.4. The van der Waals surface area contributed by atoms with Gasteiger partial charge in [-0.25, -0.2) is 0 Å². The van der Waals surface area contributed by atoms with E-state index in [1.165, 1.54) is 0 Å². The topological polar surface area (TPSA) is 95.5 Å². The van der Waals surface area contributed by atoms with E-state index in [0.29, 0.717) is 11.3 Å². The van der Waals surface area contributed by atoms with E-state index in [1.54, 1.807) is 31.2 Å². The lowest BCUT2D eigenvalue weighted by molar-refractivity contribution is -0.138. The van der Waals surface area contributed by atoms with E-state index in [1.807, 2.05) is 0 Å². The summed E-state index contributed by atoms with van der Waals surface area (Å²) in [7, 11) is 0. The zero-order chi connectivity index (χ0) is 20.1. The van der Waals surface area contributed by atoms with Crippen LogP contribution >= 0.6 is 0 Å². The molecule has 1 unspecified atom stereocenters. The second-order valence-electron chi connectivity index (χ2n) is 8.21.